The highest BCUT2D eigenvalue weighted by Crippen LogP contribution is 2.55. The van der Waals surface area contributed by atoms with Crippen molar-refractivity contribution in [2.24, 2.45) is 11.3 Å². The van der Waals surface area contributed by atoms with Crippen molar-refractivity contribution in [1.29, 1.82) is 0 Å². The Morgan fingerprint density at radius 3 is 2.48 bits per heavy atom. The van der Waals surface area contributed by atoms with Crippen molar-refractivity contribution in [3.63, 3.8) is 0 Å². The first kappa shape index (κ1) is 57.1. The van der Waals surface area contributed by atoms with Crippen molar-refractivity contribution in [3.8, 4) is 11.6 Å². The van der Waals surface area contributed by atoms with Gasteiger partial charge >= 0.3 is 0 Å². The second-order valence-electron chi connectivity index (χ2n) is 25.7. The van der Waals surface area contributed by atoms with Crippen molar-refractivity contribution in [2.45, 2.75) is 171 Å². The van der Waals surface area contributed by atoms with Crippen LogP contribution >= 0.6 is 0 Å². The highest BCUT2D eigenvalue weighted by atomic mass is 32.2. The quantitative estimate of drug-likeness (QED) is 0.0323. The number of nitro benzene ring substituents is 1. The first-order valence-electron chi connectivity index (χ1n) is 29.6. The van der Waals surface area contributed by atoms with Crippen molar-refractivity contribution in [2.75, 3.05) is 61.1 Å². The molecule has 0 radical (unpaired) electrons. The van der Waals surface area contributed by atoms with Crippen LogP contribution in [0.5, 0.6) is 11.6 Å². The molecule has 3 N–H and O–H groups in total. The van der Waals surface area contributed by atoms with E-state index in [2.05, 4.69) is 82.5 Å². The number of benzene rings is 3. The lowest BCUT2D eigenvalue weighted by Gasteiger charge is -2.57. The lowest BCUT2D eigenvalue weighted by molar-refractivity contribution is -0.384. The molecule has 1 amide bonds. The normalized spacial score (nSPS) is 24.3. The molecule has 81 heavy (non-hydrogen) atoms. The summed E-state index contributed by atoms with van der Waals surface area (Å²) in [5.41, 5.74) is 3.42. The lowest BCUT2D eigenvalue weighted by atomic mass is 9.59. The molecule has 1 spiro atoms. The average Bonchev–Trinajstić information content (AvgIpc) is 3.64. The minimum atomic E-state index is -4.65. The SMILES string of the molecule is CC(C)Oc1ccccc1[C@@H]1CCCCN1C1CC2(CCN(c3ccc(C(=O)NS(=O)(=O)c4ccc(NCC5CCC(C)(O)CC5)c([N+](=O)[O-])c4)c(N4c5cc6ccn(COCC[Si](C)(C)C)c6nc5O[C@H]5COCC[C@@H]54)c3)CC2)C1. The van der Waals surface area contributed by atoms with E-state index >= 15 is 0 Å². The minimum Gasteiger partial charge on any atom is -0.491 e. The average molecular weight is 1150 g/mol. The number of fused-ring (bicyclic) bond motifs is 3. The molecule has 5 fully saturated rings. The van der Waals surface area contributed by atoms with Gasteiger partial charge in [-0.3, -0.25) is 19.8 Å². The molecule has 5 aromatic rings. The Hall–Kier alpha value is -5.77. The zero-order valence-corrected chi connectivity index (χ0v) is 49.8. The van der Waals surface area contributed by atoms with Crippen molar-refractivity contribution < 1.29 is 42.2 Å². The van der Waals surface area contributed by atoms with Gasteiger partial charge in [0.1, 0.15) is 35.6 Å². The smallest absolute Gasteiger partial charge is 0.293 e. The maximum atomic E-state index is 14.9. The van der Waals surface area contributed by atoms with E-state index in [4.69, 9.17) is 23.9 Å². The number of aromatic nitrogens is 2. The fraction of sp³-hybridized carbons (Fsp3) is 0.574. The van der Waals surface area contributed by atoms with E-state index in [9.17, 15) is 28.4 Å². The number of pyridine rings is 1. The molecule has 0 bridgehead atoms. The summed E-state index contributed by atoms with van der Waals surface area (Å²) in [4.78, 5) is 38.8. The van der Waals surface area contributed by atoms with Crippen LogP contribution in [0.2, 0.25) is 25.7 Å². The summed E-state index contributed by atoms with van der Waals surface area (Å²) in [5.74, 6) is 0.668. The number of nitro groups is 1. The zero-order valence-electron chi connectivity index (χ0n) is 48.0. The van der Waals surface area contributed by atoms with Gasteiger partial charge in [-0.05, 0) is 164 Å². The monoisotopic (exact) mass is 1150 g/mol. The minimum absolute atomic E-state index is 0.101. The molecule has 2 aliphatic carbocycles. The van der Waals surface area contributed by atoms with Gasteiger partial charge in [-0.15, -0.1) is 0 Å². The number of hydrogen-bond donors (Lipinski definition) is 3. The summed E-state index contributed by atoms with van der Waals surface area (Å²) in [7, 11) is -5.96. The molecule has 3 atom stereocenters. The number of amides is 1. The molecule has 6 aliphatic rings. The van der Waals surface area contributed by atoms with E-state index in [-0.39, 0.29) is 41.3 Å². The van der Waals surface area contributed by atoms with Crippen LogP contribution in [0.25, 0.3) is 11.0 Å². The van der Waals surface area contributed by atoms with E-state index in [0.29, 0.717) is 80.7 Å². The van der Waals surface area contributed by atoms with Crippen LogP contribution in [-0.4, -0.2) is 123 Å². The molecule has 2 aromatic heterocycles. The summed E-state index contributed by atoms with van der Waals surface area (Å²) < 4.78 is 58.2. The van der Waals surface area contributed by atoms with Gasteiger partial charge in [0.2, 0.25) is 5.88 Å². The molecule has 0 unspecified atom stereocenters. The molecule has 3 aromatic carbocycles. The third-order valence-electron chi connectivity index (χ3n) is 18.2. The summed E-state index contributed by atoms with van der Waals surface area (Å²) >= 11 is 0. The Kier molecular flexibility index (Phi) is 16.3. The largest absolute Gasteiger partial charge is 0.491 e. The summed E-state index contributed by atoms with van der Waals surface area (Å²) in [6.45, 7) is 17.8. The fourth-order valence-corrected chi connectivity index (χ4v) is 15.2. The number of carbonyl (C=O) groups excluding carboxylic acids is 1. The van der Waals surface area contributed by atoms with E-state index in [0.717, 1.165) is 93.5 Å². The van der Waals surface area contributed by atoms with Gasteiger partial charge in [0, 0.05) is 81.9 Å². The molecule has 6 heterocycles. The van der Waals surface area contributed by atoms with Gasteiger partial charge in [-0.1, -0.05) is 44.3 Å². The number of aliphatic hydroxyl groups is 1. The number of piperidine rings is 2. The van der Waals surface area contributed by atoms with E-state index in [1.54, 1.807) is 6.07 Å². The van der Waals surface area contributed by atoms with Gasteiger partial charge < -0.3 is 43.7 Å². The van der Waals surface area contributed by atoms with Gasteiger partial charge in [0.05, 0.1) is 45.4 Å². The maximum absolute atomic E-state index is 14.9. The number of carbonyl (C=O) groups is 1. The molecule has 20 heteroatoms. The topological polar surface area (TPSA) is 203 Å². The molecule has 2 saturated carbocycles. The number of anilines is 4. The Morgan fingerprint density at radius 1 is 0.951 bits per heavy atom. The van der Waals surface area contributed by atoms with Crippen molar-refractivity contribution in [1.82, 2.24) is 19.2 Å². The number of sulfonamides is 1. The summed E-state index contributed by atoms with van der Waals surface area (Å²) in [6, 6.07) is 23.5. The third-order valence-corrected chi connectivity index (χ3v) is 21.2. The molecular weight excluding hydrogens is 1060 g/mol. The number of nitrogens with zero attached hydrogens (tertiary/aromatic N) is 6. The van der Waals surface area contributed by atoms with Crippen LogP contribution in [0.1, 0.15) is 120 Å². The van der Waals surface area contributed by atoms with E-state index < -0.39 is 51.2 Å². The van der Waals surface area contributed by atoms with Crippen LogP contribution in [-0.2, 0) is 26.2 Å². The number of nitrogens with one attached hydrogen (secondary N) is 2. The van der Waals surface area contributed by atoms with Crippen LogP contribution in [0.15, 0.2) is 83.9 Å². The van der Waals surface area contributed by atoms with Gasteiger partial charge in [0.25, 0.3) is 21.6 Å². The number of likely N-dealkylation sites (tertiary alicyclic amines) is 1. The highest BCUT2D eigenvalue weighted by molar-refractivity contribution is 7.90. The number of hydrogen-bond acceptors (Lipinski definition) is 15. The molecule has 3 saturated heterocycles. The summed E-state index contributed by atoms with van der Waals surface area (Å²) in [5, 5.41) is 26.9. The van der Waals surface area contributed by atoms with Gasteiger partial charge in [-0.25, -0.2) is 13.1 Å². The Bertz CT molecular complexity index is 3210. The van der Waals surface area contributed by atoms with E-state index in [1.165, 1.54) is 30.5 Å². The highest BCUT2D eigenvalue weighted by Gasteiger charge is 2.50. The number of rotatable bonds is 18. The first-order valence-corrected chi connectivity index (χ1v) is 34.7. The maximum Gasteiger partial charge on any atom is 0.293 e. The van der Waals surface area contributed by atoms with Crippen molar-refractivity contribution in [3.05, 3.63) is 100 Å². The van der Waals surface area contributed by atoms with Crippen LogP contribution < -0.4 is 29.3 Å². The van der Waals surface area contributed by atoms with Crippen LogP contribution in [0.3, 0.4) is 0 Å². The molecule has 436 valence electrons. The second-order valence-corrected chi connectivity index (χ2v) is 33.0. The third kappa shape index (κ3) is 12.5. The van der Waals surface area contributed by atoms with Gasteiger partial charge in [0.15, 0.2) is 0 Å². The fourth-order valence-electron chi connectivity index (χ4n) is 13.5. The number of ether oxygens (including phenoxy) is 4. The predicted octanol–water partition coefficient (Wildman–Crippen LogP) is 11.2. The molecular formula is C61H82N8O10SSi. The Morgan fingerprint density at radius 2 is 1.73 bits per heavy atom. The standard InChI is InChI=1S/C61H82N8O10SSi/c1-41(2)78-55-13-8-7-11-47(55)50-12-9-10-26-67(50)45-36-61(37-45)24-28-65(29-25-61)44-14-16-48(58(70)64-80(74,75)46-15-17-49(53(35-46)69(72)73)62-38-42-18-22-60(3,71)23-19-42)52(34-44)68-51-21-30-76-39-56(51)79-59-54(68)33-43-20-27-66(57(43)63-59)40-77-31-32-81(4,5)6/h7-8,11,13-17,20,27,33-35,41-42,45,50-51,56,62,71H,9-10,12,18-19,21-26,28-32,36-40H2,1-6H3,(H,64,70)/t42?,50-,51-,56-,60?/m0/s1. The summed E-state index contributed by atoms with van der Waals surface area (Å²) in [6.07, 6.45) is 12.8. The number of para-hydroxylation sites is 1. The Balaban J connectivity index is 0.879. The molecule has 18 nitrogen and oxygen atoms in total. The van der Waals surface area contributed by atoms with E-state index in [1.807, 2.05) is 42.0 Å². The lowest BCUT2D eigenvalue weighted by Crippen LogP contribution is -2.56. The zero-order chi connectivity index (χ0) is 56.8. The van der Waals surface area contributed by atoms with Crippen LogP contribution in [0.4, 0.5) is 28.4 Å². The first-order chi connectivity index (χ1) is 38.7. The van der Waals surface area contributed by atoms with Crippen molar-refractivity contribution >= 4 is 63.5 Å². The molecule has 11 rings (SSSR count). The van der Waals surface area contributed by atoms with Gasteiger partial charge in [-0.2, -0.15) is 4.98 Å². The predicted molar refractivity (Wildman–Crippen MR) is 317 cm³/mol. The molecule has 4 aliphatic heterocycles. The Labute approximate surface area is 478 Å². The van der Waals surface area contributed by atoms with Crippen LogP contribution in [0, 0.1) is 21.4 Å². The second kappa shape index (κ2) is 23.1.